The maximum atomic E-state index is 12.3. The van der Waals surface area contributed by atoms with Gasteiger partial charge in [-0.1, -0.05) is 39.0 Å². The van der Waals surface area contributed by atoms with E-state index in [4.69, 9.17) is 9.47 Å². The molecule has 0 radical (unpaired) electrons. The molecule has 1 heterocycles. The molecule has 3 rings (SSSR count). The van der Waals surface area contributed by atoms with Crippen molar-refractivity contribution in [3.05, 3.63) is 53.6 Å². The van der Waals surface area contributed by atoms with Crippen molar-refractivity contribution in [2.45, 2.75) is 32.6 Å². The van der Waals surface area contributed by atoms with Gasteiger partial charge in [0, 0.05) is 25.0 Å². The topological polar surface area (TPSA) is 67.9 Å². The standard InChI is InChI=1S/C23H28N2O4/c1-23(2,3)17-6-9-19(10-7-17)29-14-21(26)24-18-8-5-16-11-12-25(20(16)13-18)22(27)15-28-4/h5-10,13H,11-12,14-15H2,1-4H3,(H,24,26). The van der Waals surface area contributed by atoms with Crippen LogP contribution in [-0.2, 0) is 26.2 Å². The monoisotopic (exact) mass is 396 g/mol. The molecule has 2 aromatic rings. The summed E-state index contributed by atoms with van der Waals surface area (Å²) >= 11 is 0. The van der Waals surface area contributed by atoms with Gasteiger partial charge >= 0.3 is 0 Å². The molecule has 1 N–H and O–H groups in total. The summed E-state index contributed by atoms with van der Waals surface area (Å²) in [7, 11) is 1.50. The van der Waals surface area contributed by atoms with Crippen LogP contribution in [0.4, 0.5) is 11.4 Å². The van der Waals surface area contributed by atoms with Crippen molar-refractivity contribution in [1.29, 1.82) is 0 Å². The number of methoxy groups -OCH3 is 1. The molecule has 0 spiro atoms. The molecule has 0 bridgehead atoms. The number of amides is 2. The molecule has 2 amide bonds. The average molecular weight is 396 g/mol. The first-order chi connectivity index (χ1) is 13.8. The van der Waals surface area contributed by atoms with Crippen LogP contribution in [0.2, 0.25) is 0 Å². The maximum Gasteiger partial charge on any atom is 0.262 e. The Morgan fingerprint density at radius 3 is 2.45 bits per heavy atom. The highest BCUT2D eigenvalue weighted by molar-refractivity contribution is 5.98. The van der Waals surface area contributed by atoms with Gasteiger partial charge < -0.3 is 19.7 Å². The second-order valence-corrected chi connectivity index (χ2v) is 8.18. The van der Waals surface area contributed by atoms with Crippen LogP contribution in [0.1, 0.15) is 31.9 Å². The third-order valence-electron chi connectivity index (χ3n) is 4.92. The van der Waals surface area contributed by atoms with Gasteiger partial charge in [0.1, 0.15) is 12.4 Å². The minimum Gasteiger partial charge on any atom is -0.484 e. The summed E-state index contributed by atoms with van der Waals surface area (Å²) in [6.07, 6.45) is 0.798. The predicted octanol–water partition coefficient (Wildman–Crippen LogP) is 3.54. The number of ether oxygens (including phenoxy) is 2. The van der Waals surface area contributed by atoms with Crippen molar-refractivity contribution >= 4 is 23.2 Å². The number of carbonyl (C=O) groups is 2. The molecule has 6 nitrogen and oxygen atoms in total. The van der Waals surface area contributed by atoms with Crippen molar-refractivity contribution < 1.29 is 19.1 Å². The number of hydrogen-bond acceptors (Lipinski definition) is 4. The fourth-order valence-corrected chi connectivity index (χ4v) is 3.31. The number of rotatable bonds is 6. The number of anilines is 2. The molecule has 6 heteroatoms. The number of hydrogen-bond donors (Lipinski definition) is 1. The summed E-state index contributed by atoms with van der Waals surface area (Å²) in [5.74, 6) is 0.313. The summed E-state index contributed by atoms with van der Waals surface area (Å²) in [4.78, 5) is 26.2. The number of fused-ring (bicyclic) bond motifs is 1. The normalized spacial score (nSPS) is 13.2. The zero-order chi connectivity index (χ0) is 21.0. The van der Waals surface area contributed by atoms with Crippen LogP contribution in [0.15, 0.2) is 42.5 Å². The Morgan fingerprint density at radius 2 is 1.79 bits per heavy atom. The number of nitrogens with one attached hydrogen (secondary N) is 1. The highest BCUT2D eigenvalue weighted by Crippen LogP contribution is 2.31. The van der Waals surface area contributed by atoms with Crippen molar-refractivity contribution in [3.8, 4) is 5.75 Å². The zero-order valence-electron chi connectivity index (χ0n) is 17.5. The van der Waals surface area contributed by atoms with Gasteiger partial charge in [-0.05, 0) is 47.2 Å². The maximum absolute atomic E-state index is 12.3. The van der Waals surface area contributed by atoms with Gasteiger partial charge in [0.05, 0.1) is 0 Å². The van der Waals surface area contributed by atoms with E-state index in [0.717, 1.165) is 17.7 Å². The molecule has 154 valence electrons. The lowest BCUT2D eigenvalue weighted by molar-refractivity contribution is -0.122. The molecule has 0 aromatic heterocycles. The van der Waals surface area contributed by atoms with Crippen LogP contribution < -0.4 is 15.0 Å². The van der Waals surface area contributed by atoms with Gasteiger partial charge in [-0.3, -0.25) is 9.59 Å². The van der Waals surface area contributed by atoms with Crippen LogP contribution in [0.25, 0.3) is 0 Å². The minimum atomic E-state index is -0.252. The smallest absolute Gasteiger partial charge is 0.262 e. The largest absolute Gasteiger partial charge is 0.484 e. The Hall–Kier alpha value is -2.86. The molecule has 0 saturated carbocycles. The predicted molar refractivity (Wildman–Crippen MR) is 114 cm³/mol. The van der Waals surface area contributed by atoms with Gasteiger partial charge in [0.25, 0.3) is 11.8 Å². The van der Waals surface area contributed by atoms with Gasteiger partial charge in [0.2, 0.25) is 0 Å². The molecule has 0 saturated heterocycles. The second-order valence-electron chi connectivity index (χ2n) is 8.18. The number of benzene rings is 2. The van der Waals surface area contributed by atoms with E-state index in [1.54, 1.807) is 4.90 Å². The van der Waals surface area contributed by atoms with E-state index in [2.05, 4.69) is 26.1 Å². The quantitative estimate of drug-likeness (QED) is 0.811. The third-order valence-corrected chi connectivity index (χ3v) is 4.92. The van der Waals surface area contributed by atoms with E-state index in [1.165, 1.54) is 12.7 Å². The van der Waals surface area contributed by atoms with E-state index in [1.807, 2.05) is 42.5 Å². The molecule has 0 atom stereocenters. The molecular weight excluding hydrogens is 368 g/mol. The minimum absolute atomic E-state index is 0.0396. The Balaban J connectivity index is 1.59. The van der Waals surface area contributed by atoms with Crippen LogP contribution in [0, 0.1) is 0 Å². The van der Waals surface area contributed by atoms with Crippen molar-refractivity contribution in [2.24, 2.45) is 0 Å². The molecule has 1 aliphatic rings. The van der Waals surface area contributed by atoms with E-state index >= 15 is 0 Å². The van der Waals surface area contributed by atoms with Gasteiger partial charge in [-0.25, -0.2) is 0 Å². The lowest BCUT2D eigenvalue weighted by atomic mass is 9.87. The fourth-order valence-electron chi connectivity index (χ4n) is 3.31. The highest BCUT2D eigenvalue weighted by atomic mass is 16.5. The van der Waals surface area contributed by atoms with E-state index in [0.29, 0.717) is 18.0 Å². The number of nitrogens with zero attached hydrogens (tertiary/aromatic N) is 1. The van der Waals surface area contributed by atoms with Crippen LogP contribution in [0.3, 0.4) is 0 Å². The van der Waals surface area contributed by atoms with Crippen molar-refractivity contribution in [3.63, 3.8) is 0 Å². The first-order valence-electron chi connectivity index (χ1n) is 9.73. The van der Waals surface area contributed by atoms with Gasteiger partial charge in [0.15, 0.2) is 6.61 Å². The van der Waals surface area contributed by atoms with E-state index < -0.39 is 0 Å². The summed E-state index contributed by atoms with van der Waals surface area (Å²) in [5, 5.41) is 2.84. The summed E-state index contributed by atoms with van der Waals surface area (Å²) in [5.41, 5.74) is 3.82. The first-order valence-corrected chi connectivity index (χ1v) is 9.73. The van der Waals surface area contributed by atoms with Crippen LogP contribution in [0.5, 0.6) is 5.75 Å². The summed E-state index contributed by atoms with van der Waals surface area (Å²) in [6, 6.07) is 13.4. The van der Waals surface area contributed by atoms with Gasteiger partial charge in [-0.15, -0.1) is 0 Å². The molecule has 0 unspecified atom stereocenters. The van der Waals surface area contributed by atoms with E-state index in [9.17, 15) is 9.59 Å². The van der Waals surface area contributed by atoms with E-state index in [-0.39, 0.29) is 30.4 Å². The average Bonchev–Trinajstić information content (AvgIpc) is 3.09. The van der Waals surface area contributed by atoms with Gasteiger partial charge in [-0.2, -0.15) is 0 Å². The molecule has 0 fully saturated rings. The Kier molecular flexibility index (Phi) is 6.23. The first kappa shape index (κ1) is 20.9. The third kappa shape index (κ3) is 5.15. The number of carbonyl (C=O) groups excluding carboxylic acids is 2. The van der Waals surface area contributed by atoms with Crippen LogP contribution >= 0.6 is 0 Å². The van der Waals surface area contributed by atoms with Crippen molar-refractivity contribution in [2.75, 3.05) is 37.1 Å². The lowest BCUT2D eigenvalue weighted by Crippen LogP contribution is -2.32. The summed E-state index contributed by atoms with van der Waals surface area (Å²) in [6.45, 7) is 7.03. The van der Waals surface area contributed by atoms with Crippen LogP contribution in [-0.4, -0.2) is 38.7 Å². The Labute approximate surface area is 171 Å². The fraction of sp³-hybridized carbons (Fsp3) is 0.391. The second kappa shape index (κ2) is 8.66. The highest BCUT2D eigenvalue weighted by Gasteiger charge is 2.24. The molecule has 1 aliphatic heterocycles. The zero-order valence-corrected chi connectivity index (χ0v) is 17.5. The Morgan fingerprint density at radius 1 is 1.07 bits per heavy atom. The molecule has 2 aromatic carbocycles. The summed E-state index contributed by atoms with van der Waals surface area (Å²) < 4.78 is 10.5. The lowest BCUT2D eigenvalue weighted by Gasteiger charge is -2.19. The Bertz CT molecular complexity index is 885. The molecule has 0 aliphatic carbocycles. The van der Waals surface area contributed by atoms with Crippen molar-refractivity contribution in [1.82, 2.24) is 0 Å². The SMILES string of the molecule is COCC(=O)N1CCc2ccc(NC(=O)COc3ccc(C(C)(C)C)cc3)cc21. The molecule has 29 heavy (non-hydrogen) atoms. The molecular formula is C23H28N2O4.